The Morgan fingerprint density at radius 1 is 1.03 bits per heavy atom. The monoisotopic (exact) mass is 485 g/mol. The summed E-state index contributed by atoms with van der Waals surface area (Å²) in [7, 11) is -2.96. The lowest BCUT2D eigenvalue weighted by molar-refractivity contribution is -0.117. The number of carbonyl (C=O) groups excluding carboxylic acids is 1. The molecule has 0 aromatic heterocycles. The van der Waals surface area contributed by atoms with E-state index in [4.69, 9.17) is 4.74 Å². The first-order valence-corrected chi connectivity index (χ1v) is 13.9. The normalized spacial score (nSPS) is 11.9. The predicted molar refractivity (Wildman–Crippen MR) is 140 cm³/mol. The average Bonchev–Trinajstić information content (AvgIpc) is 2.77. The van der Waals surface area contributed by atoms with Crippen LogP contribution in [0.1, 0.15) is 61.4 Å². The molecule has 0 atom stereocenters. The van der Waals surface area contributed by atoms with Gasteiger partial charge in [0.25, 0.3) is 0 Å². The third-order valence-corrected chi connectivity index (χ3v) is 7.58. The van der Waals surface area contributed by atoms with E-state index in [0.717, 1.165) is 18.4 Å². The Morgan fingerprint density at radius 2 is 1.62 bits per heavy atom. The second kappa shape index (κ2) is 11.8. The minimum atomic E-state index is -2.96. The van der Waals surface area contributed by atoms with Crippen molar-refractivity contribution in [1.82, 2.24) is 5.32 Å². The number of rotatable bonds is 13. The van der Waals surface area contributed by atoms with Gasteiger partial charge in [-0.05, 0) is 73.1 Å². The molecule has 0 aliphatic carbocycles. The molecule has 2 aromatic carbocycles. The largest absolute Gasteiger partial charge is 0.485 e. The van der Waals surface area contributed by atoms with E-state index >= 15 is 0 Å². The van der Waals surface area contributed by atoms with Crippen LogP contribution in [-0.4, -0.2) is 39.4 Å². The third kappa shape index (κ3) is 7.03. The highest BCUT2D eigenvalue weighted by molar-refractivity contribution is 7.90. The molecule has 0 radical (unpaired) electrons. The van der Waals surface area contributed by atoms with Gasteiger partial charge in [-0.25, -0.2) is 8.42 Å². The van der Waals surface area contributed by atoms with Crippen LogP contribution in [0.5, 0.6) is 5.75 Å². The Kier molecular flexibility index (Phi) is 9.65. The average molecular weight is 486 g/mol. The molecule has 186 valence electrons. The quantitative estimate of drug-likeness (QED) is 0.317. The minimum Gasteiger partial charge on any atom is -0.485 e. The molecule has 0 spiro atoms. The van der Waals surface area contributed by atoms with Crippen molar-refractivity contribution in [2.45, 2.75) is 59.4 Å². The molecule has 6 heteroatoms. The lowest BCUT2D eigenvalue weighted by atomic mass is 9.70. The first kappa shape index (κ1) is 27.8. The molecule has 2 rings (SSSR count). The molecule has 0 unspecified atom stereocenters. The van der Waals surface area contributed by atoms with Crippen molar-refractivity contribution in [2.75, 3.05) is 25.2 Å². The Labute approximate surface area is 205 Å². The summed E-state index contributed by atoms with van der Waals surface area (Å²) in [5.41, 5.74) is 6.21. The summed E-state index contributed by atoms with van der Waals surface area (Å²) in [6.45, 7) is 15.0. The maximum Gasteiger partial charge on any atom is 0.195 e. The molecule has 1 N–H and O–H groups in total. The summed E-state index contributed by atoms with van der Waals surface area (Å²) >= 11 is 0. The van der Waals surface area contributed by atoms with Gasteiger partial charge in [-0.1, -0.05) is 50.8 Å². The van der Waals surface area contributed by atoms with Crippen molar-refractivity contribution >= 4 is 15.6 Å². The van der Waals surface area contributed by atoms with Crippen LogP contribution >= 0.6 is 0 Å². The van der Waals surface area contributed by atoms with Gasteiger partial charge in [-0.3, -0.25) is 4.79 Å². The number of nitrogens with one attached hydrogen (secondary N) is 1. The van der Waals surface area contributed by atoms with Crippen molar-refractivity contribution in [2.24, 2.45) is 0 Å². The Balaban J connectivity index is 2.26. The number of carbonyl (C=O) groups is 1. The molecular weight excluding hydrogens is 446 g/mol. The molecule has 0 aliphatic rings. The van der Waals surface area contributed by atoms with Gasteiger partial charge in [-0.15, -0.1) is 0 Å². The van der Waals surface area contributed by atoms with Crippen LogP contribution in [0.2, 0.25) is 0 Å². The van der Waals surface area contributed by atoms with Gasteiger partial charge in [0, 0.05) is 24.8 Å². The number of hydrogen-bond acceptors (Lipinski definition) is 5. The summed E-state index contributed by atoms with van der Waals surface area (Å²) in [5.74, 6) is 0.756. The van der Waals surface area contributed by atoms with Crippen LogP contribution in [0.3, 0.4) is 0 Å². The zero-order chi connectivity index (χ0) is 25.5. The molecule has 34 heavy (non-hydrogen) atoms. The summed E-state index contributed by atoms with van der Waals surface area (Å²) in [5, 5.41) is 3.23. The maximum absolute atomic E-state index is 11.9. The smallest absolute Gasteiger partial charge is 0.195 e. The second-order valence-corrected chi connectivity index (χ2v) is 11.5. The molecule has 0 amide bonds. The van der Waals surface area contributed by atoms with Gasteiger partial charge < -0.3 is 10.1 Å². The van der Waals surface area contributed by atoms with E-state index in [1.807, 2.05) is 13.0 Å². The summed E-state index contributed by atoms with van der Waals surface area (Å²) in [4.78, 5) is 11.9. The number of sulfone groups is 1. The molecule has 5 nitrogen and oxygen atoms in total. The molecule has 0 bridgehead atoms. The first-order valence-electron chi connectivity index (χ1n) is 11.8. The fourth-order valence-corrected chi connectivity index (χ4v) is 4.80. The number of hydrogen-bond donors (Lipinski definition) is 1. The van der Waals surface area contributed by atoms with Gasteiger partial charge in [-0.2, -0.15) is 0 Å². The zero-order valence-corrected chi connectivity index (χ0v) is 22.3. The molecular formula is C28H39NO4S. The van der Waals surface area contributed by atoms with E-state index < -0.39 is 9.84 Å². The van der Waals surface area contributed by atoms with Crippen molar-refractivity contribution in [3.05, 3.63) is 76.4 Å². The van der Waals surface area contributed by atoms with Crippen molar-refractivity contribution < 1.29 is 17.9 Å². The molecule has 0 saturated heterocycles. The number of ketones is 1. The van der Waals surface area contributed by atoms with Crippen molar-refractivity contribution in [3.63, 3.8) is 0 Å². The number of Topliss-reactive ketones (excluding diaryl/α,β-unsaturated/α-hetero) is 1. The molecule has 0 saturated carbocycles. The first-order chi connectivity index (χ1) is 15.9. The maximum atomic E-state index is 11.9. The number of benzene rings is 2. The lowest BCUT2D eigenvalue weighted by Gasteiger charge is -2.34. The summed E-state index contributed by atoms with van der Waals surface area (Å²) in [6.07, 6.45) is 3.15. The van der Waals surface area contributed by atoms with Crippen LogP contribution in [-0.2, 0) is 26.6 Å². The van der Waals surface area contributed by atoms with Crippen LogP contribution in [0, 0.1) is 13.8 Å². The fourth-order valence-electron chi connectivity index (χ4n) is 4.28. The fraction of sp³-hybridized carbons (Fsp3) is 0.464. The van der Waals surface area contributed by atoms with Crippen LogP contribution in [0.15, 0.2) is 48.6 Å². The minimum absolute atomic E-state index is 0.00109. The molecule has 2 aromatic rings. The van der Waals surface area contributed by atoms with Gasteiger partial charge in [0.1, 0.15) is 15.6 Å². The Morgan fingerprint density at radius 3 is 2.12 bits per heavy atom. The van der Waals surface area contributed by atoms with E-state index in [0.29, 0.717) is 24.4 Å². The highest BCUT2D eigenvalue weighted by atomic mass is 32.2. The topological polar surface area (TPSA) is 72.5 Å². The van der Waals surface area contributed by atoms with Gasteiger partial charge in [0.05, 0.1) is 5.75 Å². The highest BCUT2D eigenvalue weighted by Gasteiger charge is 2.31. The van der Waals surface area contributed by atoms with Gasteiger partial charge in [0.2, 0.25) is 0 Å². The summed E-state index contributed by atoms with van der Waals surface area (Å²) in [6, 6.07) is 12.8. The van der Waals surface area contributed by atoms with Crippen LogP contribution in [0.4, 0.5) is 0 Å². The van der Waals surface area contributed by atoms with Crippen molar-refractivity contribution in [1.29, 1.82) is 0 Å². The highest BCUT2D eigenvalue weighted by Crippen LogP contribution is 2.40. The van der Waals surface area contributed by atoms with Crippen LogP contribution in [0.25, 0.3) is 0 Å². The molecule has 0 heterocycles. The zero-order valence-electron chi connectivity index (χ0n) is 21.5. The van der Waals surface area contributed by atoms with E-state index in [9.17, 15) is 13.2 Å². The number of ether oxygens (including phenoxy) is 1. The summed E-state index contributed by atoms with van der Waals surface area (Å²) < 4.78 is 28.4. The SMILES string of the molecule is C=C(C)C(=O)COc1ccc(C(CC)(CC)c2ccc(CNCCS(C)(=O)=O)c(C)c2)cc1C. The van der Waals surface area contributed by atoms with Gasteiger partial charge in [0.15, 0.2) is 12.4 Å². The Bertz CT molecular complexity index is 1130. The molecule has 0 aliphatic heterocycles. The van der Waals surface area contributed by atoms with E-state index in [1.165, 1.54) is 28.5 Å². The van der Waals surface area contributed by atoms with E-state index in [-0.39, 0.29) is 23.6 Å². The third-order valence-electron chi connectivity index (χ3n) is 6.63. The molecule has 0 fully saturated rings. The van der Waals surface area contributed by atoms with Gasteiger partial charge >= 0.3 is 0 Å². The lowest BCUT2D eigenvalue weighted by Crippen LogP contribution is -2.27. The predicted octanol–water partition coefficient (Wildman–Crippen LogP) is 5.07. The number of aryl methyl sites for hydroxylation is 2. The standard InChI is InChI=1S/C28H39NO4S/c1-8-28(9-2,25-12-13-27(22(6)17-25)33-19-26(30)20(3)4)24-11-10-23(21(5)16-24)18-29-14-15-34(7,31)32/h10-13,16-17,29H,3,8-9,14-15,18-19H2,1-2,4-7H3. The second-order valence-electron chi connectivity index (χ2n) is 9.21. The van der Waals surface area contributed by atoms with E-state index in [2.05, 4.69) is 63.0 Å². The Hall–Kier alpha value is -2.44. The van der Waals surface area contributed by atoms with Crippen molar-refractivity contribution in [3.8, 4) is 5.75 Å². The van der Waals surface area contributed by atoms with E-state index in [1.54, 1.807) is 6.92 Å². The van der Waals surface area contributed by atoms with Crippen LogP contribution < -0.4 is 10.1 Å².